The first-order chi connectivity index (χ1) is 12.0. The summed E-state index contributed by atoms with van der Waals surface area (Å²) in [6.45, 7) is 0.341. The van der Waals surface area contributed by atoms with Crippen LogP contribution in [0.15, 0.2) is 45.3 Å². The Bertz CT molecular complexity index is 1020. The average molecular weight is 412 g/mol. The lowest BCUT2D eigenvalue weighted by Crippen LogP contribution is -2.40. The summed E-state index contributed by atoms with van der Waals surface area (Å²) in [4.78, 5) is 13.3. The van der Waals surface area contributed by atoms with Gasteiger partial charge in [0.25, 0.3) is 0 Å². The lowest BCUT2D eigenvalue weighted by atomic mass is 10.0. The van der Waals surface area contributed by atoms with E-state index in [9.17, 15) is 18.3 Å². The third-order valence-corrected chi connectivity index (χ3v) is 9.00. The van der Waals surface area contributed by atoms with Crippen LogP contribution in [0.3, 0.4) is 0 Å². The van der Waals surface area contributed by atoms with Crippen molar-refractivity contribution in [2.24, 2.45) is 0 Å². The number of hydrogen-bond acceptors (Lipinski definition) is 6. The number of carboxylic acids is 1. The molecule has 0 saturated heterocycles. The van der Waals surface area contributed by atoms with Gasteiger partial charge in [-0.1, -0.05) is 6.07 Å². The number of aromatic carboxylic acids is 1. The van der Waals surface area contributed by atoms with E-state index in [0.717, 1.165) is 21.8 Å². The van der Waals surface area contributed by atoms with E-state index in [1.807, 2.05) is 29.0 Å². The molecule has 0 aliphatic carbocycles. The summed E-state index contributed by atoms with van der Waals surface area (Å²) in [5, 5.41) is 14.7. The Hall–Kier alpha value is -1.52. The quantitative estimate of drug-likeness (QED) is 0.706. The van der Waals surface area contributed by atoms with Gasteiger partial charge in [0, 0.05) is 16.3 Å². The largest absolute Gasteiger partial charge is 0.477 e. The molecule has 5 nitrogen and oxygen atoms in total. The number of sulfonamides is 1. The molecule has 4 rings (SSSR count). The summed E-state index contributed by atoms with van der Waals surface area (Å²) in [6.07, 6.45) is 0.640. The molecule has 1 aliphatic heterocycles. The molecule has 0 radical (unpaired) electrons. The van der Waals surface area contributed by atoms with Gasteiger partial charge in [0.05, 0.1) is 6.04 Å². The van der Waals surface area contributed by atoms with Gasteiger partial charge in [-0.15, -0.1) is 34.0 Å². The van der Waals surface area contributed by atoms with Crippen LogP contribution in [-0.2, 0) is 16.4 Å². The van der Waals surface area contributed by atoms with Crippen LogP contribution in [0.2, 0.25) is 0 Å². The predicted octanol–water partition coefficient (Wildman–Crippen LogP) is 3.91. The van der Waals surface area contributed by atoms with Crippen molar-refractivity contribution >= 4 is 50.0 Å². The van der Waals surface area contributed by atoms with Gasteiger partial charge >= 0.3 is 5.97 Å². The van der Waals surface area contributed by atoms with E-state index in [-0.39, 0.29) is 9.77 Å². The molecule has 9 heteroatoms. The van der Waals surface area contributed by atoms with E-state index in [0.29, 0.717) is 13.0 Å². The second-order valence-corrected chi connectivity index (χ2v) is 10.3. The molecule has 25 heavy (non-hydrogen) atoms. The maximum Gasteiger partial charge on any atom is 0.347 e. The molecule has 0 fully saturated rings. The normalized spacial score (nSPS) is 18.2. The maximum absolute atomic E-state index is 13.3. The fourth-order valence-corrected chi connectivity index (χ4v) is 7.72. The molecule has 0 aromatic carbocycles. The van der Waals surface area contributed by atoms with Gasteiger partial charge in [-0.25, -0.2) is 13.2 Å². The van der Waals surface area contributed by atoms with E-state index in [4.69, 9.17) is 0 Å². The number of hydrogen-bond donors (Lipinski definition) is 1. The summed E-state index contributed by atoms with van der Waals surface area (Å²) in [5.74, 6) is -1.21. The number of fused-ring (bicyclic) bond motifs is 1. The van der Waals surface area contributed by atoms with Gasteiger partial charge in [0.1, 0.15) is 9.77 Å². The van der Waals surface area contributed by atoms with Crippen LogP contribution in [-0.4, -0.2) is 30.3 Å². The first-order valence-electron chi connectivity index (χ1n) is 7.42. The molecule has 0 saturated carbocycles. The molecule has 1 N–H and O–H groups in total. The van der Waals surface area contributed by atoms with E-state index in [1.54, 1.807) is 11.3 Å². The highest BCUT2D eigenvalue weighted by molar-refractivity contribution is 7.89. The molecule has 3 aromatic heterocycles. The highest BCUT2D eigenvalue weighted by atomic mass is 32.2. The zero-order chi connectivity index (χ0) is 17.6. The Labute approximate surface area is 156 Å². The summed E-state index contributed by atoms with van der Waals surface area (Å²) in [6, 6.07) is 6.78. The van der Waals surface area contributed by atoms with Crippen LogP contribution < -0.4 is 0 Å². The summed E-state index contributed by atoms with van der Waals surface area (Å²) in [7, 11) is -3.92. The summed E-state index contributed by atoms with van der Waals surface area (Å²) in [5.41, 5.74) is 0.995. The Morgan fingerprint density at radius 3 is 2.64 bits per heavy atom. The number of nitrogens with zero attached hydrogens (tertiary/aromatic N) is 1. The van der Waals surface area contributed by atoms with Crippen molar-refractivity contribution in [3.05, 3.63) is 60.6 Å². The minimum atomic E-state index is -3.92. The lowest BCUT2D eigenvalue weighted by molar-refractivity contribution is 0.0698. The molecule has 130 valence electrons. The molecule has 1 aliphatic rings. The van der Waals surface area contributed by atoms with Gasteiger partial charge in [-0.3, -0.25) is 0 Å². The number of carbonyl (C=O) groups is 1. The van der Waals surface area contributed by atoms with Crippen molar-refractivity contribution in [1.82, 2.24) is 4.31 Å². The maximum atomic E-state index is 13.3. The molecule has 0 bridgehead atoms. The number of rotatable bonds is 4. The summed E-state index contributed by atoms with van der Waals surface area (Å²) < 4.78 is 28.0. The van der Waals surface area contributed by atoms with Gasteiger partial charge < -0.3 is 5.11 Å². The number of carboxylic acid groups (broad SMARTS) is 1. The molecule has 0 unspecified atom stereocenters. The molecule has 4 heterocycles. The third-order valence-electron chi connectivity index (χ3n) is 4.14. The van der Waals surface area contributed by atoms with Crippen molar-refractivity contribution in [3.63, 3.8) is 0 Å². The smallest absolute Gasteiger partial charge is 0.347 e. The van der Waals surface area contributed by atoms with Crippen LogP contribution in [0.1, 0.15) is 31.0 Å². The first kappa shape index (κ1) is 16.9. The minimum absolute atomic E-state index is 0.120. The second-order valence-electron chi connectivity index (χ2n) is 5.50. The van der Waals surface area contributed by atoms with Crippen LogP contribution >= 0.6 is 34.0 Å². The SMILES string of the molecule is O=C(O)c1sccc1S(=O)(=O)N1CCc2sccc2[C@@H]1c1cccs1. The van der Waals surface area contributed by atoms with Crippen LogP contribution in [0.4, 0.5) is 0 Å². The molecule has 1 atom stereocenters. The van der Waals surface area contributed by atoms with E-state index in [2.05, 4.69) is 0 Å². The highest BCUT2D eigenvalue weighted by Crippen LogP contribution is 2.42. The highest BCUT2D eigenvalue weighted by Gasteiger charge is 2.40. The lowest BCUT2D eigenvalue weighted by Gasteiger charge is -2.34. The van der Waals surface area contributed by atoms with Gasteiger partial charge in [0.15, 0.2) is 0 Å². The average Bonchev–Trinajstić information content (AvgIpc) is 3.33. The molecular weight excluding hydrogens is 398 g/mol. The Balaban J connectivity index is 1.86. The van der Waals surface area contributed by atoms with Crippen LogP contribution in [0.25, 0.3) is 0 Å². The minimum Gasteiger partial charge on any atom is -0.477 e. The first-order valence-corrected chi connectivity index (χ1v) is 11.5. The molecule has 0 amide bonds. The zero-order valence-corrected chi connectivity index (χ0v) is 16.1. The Kier molecular flexibility index (Phi) is 4.28. The standard InChI is InChI=1S/C16H13NO4S4/c18-16(19)15-13(5-9-24-15)25(20,21)17-6-3-11-10(4-8-23-11)14(17)12-2-1-7-22-12/h1-2,4-5,7-9,14H,3,6H2,(H,18,19)/t14-/m1/s1. The fourth-order valence-electron chi connectivity index (χ4n) is 3.08. The molecule has 3 aromatic rings. The van der Waals surface area contributed by atoms with E-state index < -0.39 is 22.0 Å². The van der Waals surface area contributed by atoms with Gasteiger partial charge in [-0.05, 0) is 46.3 Å². The van der Waals surface area contributed by atoms with Crippen LogP contribution in [0, 0.1) is 0 Å². The zero-order valence-electron chi connectivity index (χ0n) is 12.8. The third kappa shape index (κ3) is 2.76. The van der Waals surface area contributed by atoms with Gasteiger partial charge in [0.2, 0.25) is 10.0 Å². The van der Waals surface area contributed by atoms with Crippen LogP contribution in [0.5, 0.6) is 0 Å². The Morgan fingerprint density at radius 2 is 1.92 bits per heavy atom. The van der Waals surface area contributed by atoms with Crippen molar-refractivity contribution in [2.45, 2.75) is 17.4 Å². The van der Waals surface area contributed by atoms with Crippen molar-refractivity contribution < 1.29 is 18.3 Å². The Morgan fingerprint density at radius 1 is 1.12 bits per heavy atom. The predicted molar refractivity (Wildman–Crippen MR) is 99.4 cm³/mol. The van der Waals surface area contributed by atoms with Gasteiger partial charge in [-0.2, -0.15) is 4.31 Å². The van der Waals surface area contributed by atoms with E-state index in [1.165, 1.54) is 32.0 Å². The fraction of sp³-hybridized carbons (Fsp3) is 0.188. The summed E-state index contributed by atoms with van der Waals surface area (Å²) >= 11 is 4.08. The second kappa shape index (κ2) is 6.33. The monoisotopic (exact) mass is 411 g/mol. The van der Waals surface area contributed by atoms with Crippen molar-refractivity contribution in [2.75, 3.05) is 6.54 Å². The molecular formula is C16H13NO4S4. The molecule has 0 spiro atoms. The number of thiophene rings is 3. The van der Waals surface area contributed by atoms with E-state index >= 15 is 0 Å². The van der Waals surface area contributed by atoms with Crippen molar-refractivity contribution in [3.8, 4) is 0 Å². The van der Waals surface area contributed by atoms with Crippen molar-refractivity contribution in [1.29, 1.82) is 0 Å². The topological polar surface area (TPSA) is 74.7 Å².